The van der Waals surface area contributed by atoms with Crippen LogP contribution in [-0.2, 0) is 26.4 Å². The van der Waals surface area contributed by atoms with Crippen LogP contribution in [0.15, 0.2) is 24.4 Å². The lowest BCUT2D eigenvalue weighted by Crippen LogP contribution is -2.25. The molecule has 1 amide bonds. The number of rotatable bonds is 5. The van der Waals surface area contributed by atoms with Crippen LogP contribution in [0.3, 0.4) is 0 Å². The minimum absolute atomic E-state index is 0.0718. The average Bonchev–Trinajstić information content (AvgIpc) is 2.81. The van der Waals surface area contributed by atoms with Crippen molar-refractivity contribution >= 4 is 5.91 Å². The minimum atomic E-state index is -0.0718. The van der Waals surface area contributed by atoms with E-state index < -0.39 is 0 Å². The molecule has 106 valence electrons. The first-order valence-electron chi connectivity index (χ1n) is 6.90. The lowest BCUT2D eigenvalue weighted by atomic mass is 10.1. The second-order valence-electron chi connectivity index (χ2n) is 4.60. The Morgan fingerprint density at radius 2 is 2.10 bits per heavy atom. The lowest BCUT2D eigenvalue weighted by Gasteiger charge is -2.07. The van der Waals surface area contributed by atoms with E-state index in [9.17, 15) is 4.79 Å². The second-order valence-corrected chi connectivity index (χ2v) is 4.60. The maximum atomic E-state index is 12.4. The highest BCUT2D eigenvalue weighted by Crippen LogP contribution is 2.15. The van der Waals surface area contributed by atoms with E-state index in [4.69, 9.17) is 0 Å². The number of hydrogen-bond donors (Lipinski definition) is 1. The maximum absolute atomic E-state index is 12.4. The van der Waals surface area contributed by atoms with E-state index in [-0.39, 0.29) is 5.91 Å². The Labute approximate surface area is 119 Å². The van der Waals surface area contributed by atoms with E-state index in [1.807, 2.05) is 39.1 Å². The molecule has 2 aromatic rings. The van der Waals surface area contributed by atoms with Crippen LogP contribution in [0.2, 0.25) is 0 Å². The predicted octanol–water partition coefficient (Wildman–Crippen LogP) is 1.87. The molecule has 0 unspecified atom stereocenters. The summed E-state index contributed by atoms with van der Waals surface area (Å²) < 4.78 is 1.80. The second kappa shape index (κ2) is 6.32. The average molecular weight is 272 g/mol. The zero-order valence-corrected chi connectivity index (χ0v) is 12.2. The maximum Gasteiger partial charge on any atom is 0.255 e. The van der Waals surface area contributed by atoms with E-state index in [0.29, 0.717) is 12.1 Å². The third-order valence-corrected chi connectivity index (χ3v) is 3.29. The molecule has 0 spiro atoms. The van der Waals surface area contributed by atoms with Crippen molar-refractivity contribution in [2.24, 2.45) is 7.05 Å². The van der Waals surface area contributed by atoms with Gasteiger partial charge >= 0.3 is 0 Å². The highest BCUT2D eigenvalue weighted by atomic mass is 16.1. The van der Waals surface area contributed by atoms with Gasteiger partial charge in [-0.25, -0.2) is 0 Å². The van der Waals surface area contributed by atoms with E-state index in [1.165, 1.54) is 0 Å². The Kier molecular flexibility index (Phi) is 4.50. The first-order chi connectivity index (χ1) is 9.67. The Balaban J connectivity index is 2.17. The predicted molar refractivity (Wildman–Crippen MR) is 77.4 cm³/mol. The van der Waals surface area contributed by atoms with Gasteiger partial charge in [-0.2, -0.15) is 5.10 Å². The van der Waals surface area contributed by atoms with Gasteiger partial charge in [0.05, 0.1) is 29.2 Å². The van der Waals surface area contributed by atoms with Gasteiger partial charge in [0.2, 0.25) is 0 Å². The van der Waals surface area contributed by atoms with Crippen molar-refractivity contribution in [2.45, 2.75) is 33.2 Å². The summed E-state index contributed by atoms with van der Waals surface area (Å²) in [6.45, 7) is 4.48. The van der Waals surface area contributed by atoms with Crippen molar-refractivity contribution in [3.05, 3.63) is 47.0 Å². The van der Waals surface area contributed by atoms with Crippen LogP contribution in [0.1, 0.15) is 41.3 Å². The first-order valence-corrected chi connectivity index (χ1v) is 6.90. The Hall–Kier alpha value is -2.17. The number of amides is 1. The van der Waals surface area contributed by atoms with Crippen molar-refractivity contribution < 1.29 is 4.79 Å². The third kappa shape index (κ3) is 2.87. The Morgan fingerprint density at radius 1 is 1.30 bits per heavy atom. The van der Waals surface area contributed by atoms with Crippen LogP contribution in [0, 0.1) is 0 Å². The van der Waals surface area contributed by atoms with E-state index in [1.54, 1.807) is 10.9 Å². The third-order valence-electron chi connectivity index (χ3n) is 3.29. The first kappa shape index (κ1) is 14.2. The van der Waals surface area contributed by atoms with Crippen LogP contribution in [0.25, 0.3) is 0 Å². The molecule has 2 rings (SSSR count). The fraction of sp³-hybridized carbons (Fsp3) is 0.400. The van der Waals surface area contributed by atoms with Gasteiger partial charge in [0.1, 0.15) is 0 Å². The number of carbonyl (C=O) groups is 1. The molecule has 20 heavy (non-hydrogen) atoms. The van der Waals surface area contributed by atoms with Gasteiger partial charge in [0.15, 0.2) is 0 Å². The van der Waals surface area contributed by atoms with Gasteiger partial charge < -0.3 is 5.32 Å². The van der Waals surface area contributed by atoms with Crippen LogP contribution in [0.4, 0.5) is 0 Å². The monoisotopic (exact) mass is 272 g/mol. The standard InChI is InChI=1S/C15H20N4O/c1-4-12-14(13(5-2)19(3)18-12)15(20)17-10-11-8-6-7-9-16-11/h6-9H,4-5,10H2,1-3H3,(H,17,20). The molecule has 1 N–H and O–H groups in total. The fourth-order valence-electron chi connectivity index (χ4n) is 2.30. The lowest BCUT2D eigenvalue weighted by molar-refractivity contribution is 0.0948. The summed E-state index contributed by atoms with van der Waals surface area (Å²) in [4.78, 5) is 16.6. The van der Waals surface area contributed by atoms with Crippen molar-refractivity contribution in [1.29, 1.82) is 0 Å². The number of nitrogens with zero attached hydrogens (tertiary/aromatic N) is 3. The fourth-order valence-corrected chi connectivity index (χ4v) is 2.30. The summed E-state index contributed by atoms with van der Waals surface area (Å²) in [5.41, 5.74) is 3.39. The number of hydrogen-bond acceptors (Lipinski definition) is 3. The zero-order valence-electron chi connectivity index (χ0n) is 12.2. The molecule has 0 atom stereocenters. The molecule has 0 aliphatic carbocycles. The SMILES string of the molecule is CCc1nn(C)c(CC)c1C(=O)NCc1ccccn1. The minimum Gasteiger partial charge on any atom is -0.346 e. The number of pyridine rings is 1. The van der Waals surface area contributed by atoms with Gasteiger partial charge in [-0.15, -0.1) is 0 Å². The highest BCUT2D eigenvalue weighted by Gasteiger charge is 2.20. The molecular weight excluding hydrogens is 252 g/mol. The molecule has 5 nitrogen and oxygen atoms in total. The topological polar surface area (TPSA) is 59.8 Å². The van der Waals surface area contributed by atoms with Crippen LogP contribution < -0.4 is 5.32 Å². The molecule has 0 aliphatic rings. The summed E-state index contributed by atoms with van der Waals surface area (Å²) in [5.74, 6) is -0.0718. The van der Waals surface area contributed by atoms with Gasteiger partial charge in [0, 0.05) is 13.2 Å². The molecule has 0 aromatic carbocycles. The van der Waals surface area contributed by atoms with Crippen molar-refractivity contribution in [3.8, 4) is 0 Å². The highest BCUT2D eigenvalue weighted by molar-refractivity contribution is 5.96. The summed E-state index contributed by atoms with van der Waals surface area (Å²) in [7, 11) is 1.88. The van der Waals surface area contributed by atoms with Crippen LogP contribution in [-0.4, -0.2) is 20.7 Å². The molecule has 0 aliphatic heterocycles. The van der Waals surface area contributed by atoms with Crippen molar-refractivity contribution in [2.75, 3.05) is 0 Å². The summed E-state index contributed by atoms with van der Waals surface area (Å²) in [5, 5.41) is 7.34. The molecule has 0 saturated carbocycles. The smallest absolute Gasteiger partial charge is 0.255 e. The van der Waals surface area contributed by atoms with Crippen molar-refractivity contribution in [3.63, 3.8) is 0 Å². The number of aryl methyl sites for hydroxylation is 2. The molecule has 5 heteroatoms. The number of carbonyl (C=O) groups excluding carboxylic acids is 1. The molecule has 2 heterocycles. The summed E-state index contributed by atoms with van der Waals surface area (Å²) >= 11 is 0. The molecular formula is C15H20N4O. The van der Waals surface area contributed by atoms with E-state index in [0.717, 1.165) is 29.9 Å². The van der Waals surface area contributed by atoms with Crippen molar-refractivity contribution in [1.82, 2.24) is 20.1 Å². The zero-order chi connectivity index (χ0) is 14.5. The summed E-state index contributed by atoms with van der Waals surface area (Å²) in [6, 6.07) is 5.66. The van der Waals surface area contributed by atoms with Gasteiger partial charge in [-0.05, 0) is 25.0 Å². The molecule has 0 bridgehead atoms. The normalized spacial score (nSPS) is 10.6. The molecule has 2 aromatic heterocycles. The van der Waals surface area contributed by atoms with Gasteiger partial charge in [-0.1, -0.05) is 19.9 Å². The number of nitrogens with one attached hydrogen (secondary N) is 1. The largest absolute Gasteiger partial charge is 0.346 e. The summed E-state index contributed by atoms with van der Waals surface area (Å²) in [6.07, 6.45) is 3.26. The van der Waals surface area contributed by atoms with Crippen LogP contribution in [0.5, 0.6) is 0 Å². The number of aromatic nitrogens is 3. The Morgan fingerprint density at radius 3 is 2.70 bits per heavy atom. The van der Waals surface area contributed by atoms with E-state index >= 15 is 0 Å². The Bertz CT molecular complexity index is 589. The van der Waals surface area contributed by atoms with Gasteiger partial charge in [-0.3, -0.25) is 14.5 Å². The molecule has 0 radical (unpaired) electrons. The van der Waals surface area contributed by atoms with Gasteiger partial charge in [0.25, 0.3) is 5.91 Å². The molecule has 0 saturated heterocycles. The molecule has 0 fully saturated rings. The van der Waals surface area contributed by atoms with E-state index in [2.05, 4.69) is 15.4 Å². The quantitative estimate of drug-likeness (QED) is 0.904. The van der Waals surface area contributed by atoms with Crippen LogP contribution >= 0.6 is 0 Å².